The number of nitrogens with zero attached hydrogens (tertiary/aromatic N) is 1. The Morgan fingerprint density at radius 3 is 3.05 bits per heavy atom. The van der Waals surface area contributed by atoms with Gasteiger partial charge in [0.2, 0.25) is 0 Å². The van der Waals surface area contributed by atoms with Crippen LogP contribution < -0.4 is 5.32 Å². The van der Waals surface area contributed by atoms with Crippen molar-refractivity contribution in [2.45, 2.75) is 13.3 Å². The normalized spacial score (nSPS) is 10.2. The van der Waals surface area contributed by atoms with Crippen molar-refractivity contribution in [3.05, 3.63) is 46.5 Å². The van der Waals surface area contributed by atoms with Crippen molar-refractivity contribution in [1.29, 1.82) is 0 Å². The number of ether oxygens (including phenoxy) is 1. The smallest absolute Gasteiger partial charge is 0.357 e. The molecule has 1 N–H and O–H groups in total. The second-order valence-electron chi connectivity index (χ2n) is 4.20. The second kappa shape index (κ2) is 6.33. The molecule has 0 saturated carbocycles. The SMILES string of the molecule is COC(=O)c1csc(NCCc2cccc(C)c2)n1. The van der Waals surface area contributed by atoms with E-state index in [9.17, 15) is 4.79 Å². The Morgan fingerprint density at radius 2 is 2.32 bits per heavy atom. The van der Waals surface area contributed by atoms with Gasteiger partial charge >= 0.3 is 5.97 Å². The molecule has 0 amide bonds. The van der Waals surface area contributed by atoms with E-state index >= 15 is 0 Å². The van der Waals surface area contributed by atoms with Gasteiger partial charge in [-0.05, 0) is 18.9 Å². The summed E-state index contributed by atoms with van der Waals surface area (Å²) in [5.41, 5.74) is 2.91. The molecule has 1 aromatic heterocycles. The molecule has 0 saturated heterocycles. The van der Waals surface area contributed by atoms with Crippen LogP contribution in [-0.2, 0) is 11.2 Å². The maximum atomic E-state index is 11.3. The van der Waals surface area contributed by atoms with Crippen molar-refractivity contribution < 1.29 is 9.53 Å². The van der Waals surface area contributed by atoms with Crippen LogP contribution in [0.5, 0.6) is 0 Å². The molecule has 5 heteroatoms. The molecule has 0 aliphatic heterocycles. The summed E-state index contributed by atoms with van der Waals surface area (Å²) in [4.78, 5) is 15.4. The highest BCUT2D eigenvalue weighted by atomic mass is 32.1. The standard InChI is InChI=1S/C14H16N2O2S/c1-10-4-3-5-11(8-10)6-7-15-14-16-12(9-19-14)13(17)18-2/h3-5,8-9H,6-7H2,1-2H3,(H,15,16). The lowest BCUT2D eigenvalue weighted by molar-refractivity contribution is 0.0595. The van der Waals surface area contributed by atoms with Crippen LogP contribution in [0.15, 0.2) is 29.6 Å². The number of methoxy groups -OCH3 is 1. The molecule has 1 aromatic carbocycles. The topological polar surface area (TPSA) is 51.2 Å². The number of nitrogens with one attached hydrogen (secondary N) is 1. The minimum absolute atomic E-state index is 0.352. The van der Waals surface area contributed by atoms with Gasteiger partial charge in [-0.3, -0.25) is 0 Å². The van der Waals surface area contributed by atoms with Crippen LogP contribution in [0, 0.1) is 6.92 Å². The molecule has 0 unspecified atom stereocenters. The first-order valence-electron chi connectivity index (χ1n) is 6.02. The Hall–Kier alpha value is -1.88. The van der Waals surface area contributed by atoms with E-state index in [2.05, 4.69) is 46.2 Å². The lowest BCUT2D eigenvalue weighted by Crippen LogP contribution is -2.06. The van der Waals surface area contributed by atoms with Gasteiger partial charge in [0, 0.05) is 11.9 Å². The average molecular weight is 276 g/mol. The van der Waals surface area contributed by atoms with Gasteiger partial charge in [-0.15, -0.1) is 11.3 Å². The second-order valence-corrected chi connectivity index (χ2v) is 5.05. The Balaban J connectivity index is 1.86. The monoisotopic (exact) mass is 276 g/mol. The highest BCUT2D eigenvalue weighted by Gasteiger charge is 2.09. The minimum atomic E-state index is -0.400. The van der Waals surface area contributed by atoms with Gasteiger partial charge in [0.25, 0.3) is 0 Å². The Morgan fingerprint density at radius 1 is 1.47 bits per heavy atom. The molecule has 0 aliphatic carbocycles. The quantitative estimate of drug-likeness (QED) is 0.853. The first kappa shape index (κ1) is 13.5. The molecule has 100 valence electrons. The molecule has 0 spiro atoms. The number of aromatic nitrogens is 1. The molecular formula is C14H16N2O2S. The molecule has 19 heavy (non-hydrogen) atoms. The zero-order chi connectivity index (χ0) is 13.7. The number of anilines is 1. The van der Waals surface area contributed by atoms with Crippen LogP contribution >= 0.6 is 11.3 Å². The van der Waals surface area contributed by atoms with Crippen molar-refractivity contribution in [3.8, 4) is 0 Å². The lowest BCUT2D eigenvalue weighted by Gasteiger charge is -2.03. The predicted molar refractivity (Wildman–Crippen MR) is 76.8 cm³/mol. The van der Waals surface area contributed by atoms with E-state index in [1.54, 1.807) is 5.38 Å². The summed E-state index contributed by atoms with van der Waals surface area (Å²) >= 11 is 1.41. The van der Waals surface area contributed by atoms with E-state index < -0.39 is 5.97 Å². The van der Waals surface area contributed by atoms with Crippen LogP contribution in [0.2, 0.25) is 0 Å². The van der Waals surface area contributed by atoms with Gasteiger partial charge in [0.1, 0.15) is 0 Å². The maximum Gasteiger partial charge on any atom is 0.357 e. The largest absolute Gasteiger partial charge is 0.464 e. The van der Waals surface area contributed by atoms with E-state index in [0.717, 1.165) is 18.1 Å². The van der Waals surface area contributed by atoms with Crippen molar-refractivity contribution in [1.82, 2.24) is 4.98 Å². The molecule has 1 heterocycles. The van der Waals surface area contributed by atoms with Crippen LogP contribution in [0.25, 0.3) is 0 Å². The summed E-state index contributed by atoms with van der Waals surface area (Å²) in [5.74, 6) is -0.400. The Bertz CT molecular complexity index is 566. The van der Waals surface area contributed by atoms with E-state index in [1.807, 2.05) is 0 Å². The predicted octanol–water partition coefficient (Wildman–Crippen LogP) is 2.89. The number of carbonyl (C=O) groups is 1. The Kier molecular flexibility index (Phi) is 4.52. The number of benzene rings is 1. The highest BCUT2D eigenvalue weighted by molar-refractivity contribution is 7.13. The van der Waals surface area contributed by atoms with Gasteiger partial charge in [-0.25, -0.2) is 9.78 Å². The molecule has 0 atom stereocenters. The molecule has 2 aromatic rings. The minimum Gasteiger partial charge on any atom is -0.464 e. The average Bonchev–Trinajstić information content (AvgIpc) is 2.87. The fourth-order valence-electron chi connectivity index (χ4n) is 1.73. The highest BCUT2D eigenvalue weighted by Crippen LogP contribution is 2.16. The Labute approximate surface area is 116 Å². The van der Waals surface area contributed by atoms with Crippen molar-refractivity contribution in [3.63, 3.8) is 0 Å². The molecule has 2 rings (SSSR count). The van der Waals surface area contributed by atoms with E-state index in [1.165, 1.54) is 29.6 Å². The number of hydrogen-bond acceptors (Lipinski definition) is 5. The summed E-state index contributed by atoms with van der Waals surface area (Å²) in [5, 5.41) is 5.65. The van der Waals surface area contributed by atoms with Crippen LogP contribution in [-0.4, -0.2) is 24.6 Å². The summed E-state index contributed by atoms with van der Waals surface area (Å²) in [6.07, 6.45) is 0.925. The zero-order valence-corrected chi connectivity index (χ0v) is 11.8. The van der Waals surface area contributed by atoms with Gasteiger partial charge in [0.05, 0.1) is 7.11 Å². The van der Waals surface area contributed by atoms with E-state index in [0.29, 0.717) is 5.69 Å². The first-order chi connectivity index (χ1) is 9.19. The molecular weight excluding hydrogens is 260 g/mol. The summed E-state index contributed by atoms with van der Waals surface area (Å²) < 4.78 is 4.61. The molecule has 0 bridgehead atoms. The lowest BCUT2D eigenvalue weighted by atomic mass is 10.1. The van der Waals surface area contributed by atoms with Crippen LogP contribution in [0.4, 0.5) is 5.13 Å². The molecule has 0 radical (unpaired) electrons. The van der Waals surface area contributed by atoms with E-state index in [4.69, 9.17) is 0 Å². The van der Waals surface area contributed by atoms with Gasteiger partial charge in [-0.1, -0.05) is 29.8 Å². The number of hydrogen-bond donors (Lipinski definition) is 1. The van der Waals surface area contributed by atoms with Gasteiger partial charge < -0.3 is 10.1 Å². The third-order valence-electron chi connectivity index (χ3n) is 2.67. The van der Waals surface area contributed by atoms with Gasteiger partial charge in [-0.2, -0.15) is 0 Å². The number of rotatable bonds is 5. The fourth-order valence-corrected chi connectivity index (χ4v) is 2.44. The van der Waals surface area contributed by atoms with Crippen molar-refractivity contribution >= 4 is 22.4 Å². The number of carbonyl (C=O) groups excluding carboxylic acids is 1. The molecule has 4 nitrogen and oxygen atoms in total. The maximum absolute atomic E-state index is 11.3. The summed E-state index contributed by atoms with van der Waals surface area (Å²) in [6.45, 7) is 2.87. The van der Waals surface area contributed by atoms with Crippen LogP contribution in [0.1, 0.15) is 21.6 Å². The number of thiazole rings is 1. The molecule has 0 aliphatic rings. The molecule has 0 fully saturated rings. The number of aryl methyl sites for hydroxylation is 1. The van der Waals surface area contributed by atoms with Crippen molar-refractivity contribution in [2.75, 3.05) is 19.0 Å². The summed E-state index contributed by atoms with van der Waals surface area (Å²) in [6, 6.07) is 8.42. The first-order valence-corrected chi connectivity index (χ1v) is 6.90. The third-order valence-corrected chi connectivity index (χ3v) is 3.47. The van der Waals surface area contributed by atoms with E-state index in [-0.39, 0.29) is 0 Å². The summed E-state index contributed by atoms with van der Waals surface area (Å²) in [7, 11) is 1.35. The zero-order valence-electron chi connectivity index (χ0n) is 11.0. The van der Waals surface area contributed by atoms with Crippen molar-refractivity contribution in [2.24, 2.45) is 0 Å². The number of esters is 1. The van der Waals surface area contributed by atoms with Crippen LogP contribution in [0.3, 0.4) is 0 Å². The third kappa shape index (κ3) is 3.79. The van der Waals surface area contributed by atoms with Gasteiger partial charge in [0.15, 0.2) is 10.8 Å². The fraction of sp³-hybridized carbons (Fsp3) is 0.286.